The Hall–Kier alpha value is -2.26. The zero-order valence-electron chi connectivity index (χ0n) is 15.3. The van der Waals surface area contributed by atoms with Crippen molar-refractivity contribution in [3.63, 3.8) is 0 Å². The molecule has 6 nitrogen and oxygen atoms in total. The number of fused-ring (bicyclic) bond motifs is 1. The molecule has 154 valence electrons. The number of carbonyl (C=O) groups is 2. The topological polar surface area (TPSA) is 67.9 Å². The summed E-state index contributed by atoms with van der Waals surface area (Å²) in [5.41, 5.74) is 1.29. The Morgan fingerprint density at radius 2 is 1.90 bits per heavy atom. The second kappa shape index (κ2) is 8.85. The predicted molar refractivity (Wildman–Crippen MR) is 122 cm³/mol. The van der Waals surface area contributed by atoms with Gasteiger partial charge in [0.25, 0.3) is 5.91 Å². The van der Waals surface area contributed by atoms with Crippen LogP contribution < -0.4 is 14.8 Å². The molecule has 0 saturated carbocycles. The highest BCUT2D eigenvalue weighted by molar-refractivity contribution is 8.26. The SMILES string of the molecule is O=C(CCN1C(=O)/C(=C/c2ccc3c(c2)OCO3)SC1=S)Nc1cc(Cl)cc(Cl)c1. The van der Waals surface area contributed by atoms with Crippen molar-refractivity contribution in [3.05, 3.63) is 56.9 Å². The third kappa shape index (κ3) is 4.73. The van der Waals surface area contributed by atoms with Gasteiger partial charge in [-0.3, -0.25) is 14.5 Å². The summed E-state index contributed by atoms with van der Waals surface area (Å²) in [5.74, 6) is 0.798. The summed E-state index contributed by atoms with van der Waals surface area (Å²) in [6.45, 7) is 0.355. The molecule has 0 unspecified atom stereocenters. The second-order valence-electron chi connectivity index (χ2n) is 6.40. The molecule has 30 heavy (non-hydrogen) atoms. The van der Waals surface area contributed by atoms with Crippen LogP contribution in [0.4, 0.5) is 5.69 Å². The predicted octanol–water partition coefficient (Wildman–Crippen LogP) is 4.95. The molecule has 1 N–H and O–H groups in total. The van der Waals surface area contributed by atoms with Crippen molar-refractivity contribution >= 4 is 75.1 Å². The van der Waals surface area contributed by atoms with Crippen molar-refractivity contribution in [2.45, 2.75) is 6.42 Å². The number of nitrogens with one attached hydrogen (secondary N) is 1. The molecule has 2 aliphatic heterocycles. The average molecular weight is 481 g/mol. The van der Waals surface area contributed by atoms with E-state index in [0.717, 1.165) is 5.56 Å². The van der Waals surface area contributed by atoms with Crippen molar-refractivity contribution < 1.29 is 19.1 Å². The monoisotopic (exact) mass is 480 g/mol. The first kappa shape index (κ1) is 21.0. The van der Waals surface area contributed by atoms with Gasteiger partial charge in [0.15, 0.2) is 11.5 Å². The number of benzene rings is 2. The summed E-state index contributed by atoms with van der Waals surface area (Å²) in [6, 6.07) is 10.2. The van der Waals surface area contributed by atoms with E-state index in [4.69, 9.17) is 44.9 Å². The van der Waals surface area contributed by atoms with Crippen LogP contribution in [0.1, 0.15) is 12.0 Å². The van der Waals surface area contributed by atoms with Gasteiger partial charge in [0.05, 0.1) is 4.91 Å². The molecule has 1 saturated heterocycles. The van der Waals surface area contributed by atoms with Crippen LogP contribution in [0.2, 0.25) is 10.0 Å². The number of carbonyl (C=O) groups excluding carboxylic acids is 2. The molecule has 10 heteroatoms. The van der Waals surface area contributed by atoms with Crippen LogP contribution >= 0.6 is 47.2 Å². The van der Waals surface area contributed by atoms with Gasteiger partial charge in [0.1, 0.15) is 4.32 Å². The number of thiocarbonyl (C=S) groups is 1. The largest absolute Gasteiger partial charge is 0.454 e. The molecule has 2 aromatic carbocycles. The number of anilines is 1. The minimum absolute atomic E-state index is 0.0773. The molecule has 2 aliphatic rings. The standard InChI is InChI=1S/C20H14Cl2N2O4S2/c21-12-7-13(22)9-14(8-12)23-18(25)3-4-24-19(26)17(30-20(24)29)6-11-1-2-15-16(5-11)28-10-27-15/h1-2,5-9H,3-4,10H2,(H,23,25)/b17-6-. The van der Waals surface area contributed by atoms with Crippen LogP contribution in [-0.2, 0) is 9.59 Å². The first-order chi connectivity index (χ1) is 14.4. The molecular formula is C20H14Cl2N2O4S2. The van der Waals surface area contributed by atoms with E-state index in [1.165, 1.54) is 16.7 Å². The number of nitrogens with zero attached hydrogens (tertiary/aromatic N) is 1. The lowest BCUT2D eigenvalue weighted by Crippen LogP contribution is -2.31. The summed E-state index contributed by atoms with van der Waals surface area (Å²) in [5, 5.41) is 3.56. The van der Waals surface area contributed by atoms with E-state index in [2.05, 4.69) is 5.32 Å². The average Bonchev–Trinajstić information content (AvgIpc) is 3.24. The minimum atomic E-state index is -0.276. The summed E-state index contributed by atoms with van der Waals surface area (Å²) in [7, 11) is 0. The van der Waals surface area contributed by atoms with Gasteiger partial charge >= 0.3 is 0 Å². The lowest BCUT2D eigenvalue weighted by molar-refractivity contribution is -0.122. The minimum Gasteiger partial charge on any atom is -0.454 e. The maximum atomic E-state index is 12.7. The first-order valence-electron chi connectivity index (χ1n) is 8.80. The maximum Gasteiger partial charge on any atom is 0.266 e. The number of hydrogen-bond donors (Lipinski definition) is 1. The third-order valence-electron chi connectivity index (χ3n) is 4.28. The molecule has 0 aromatic heterocycles. The number of halogens is 2. The molecule has 0 radical (unpaired) electrons. The molecular weight excluding hydrogens is 467 g/mol. The van der Waals surface area contributed by atoms with Crippen LogP contribution in [0, 0.1) is 0 Å². The van der Waals surface area contributed by atoms with Gasteiger partial charge in [-0.2, -0.15) is 0 Å². The Balaban J connectivity index is 1.38. The van der Waals surface area contributed by atoms with E-state index < -0.39 is 0 Å². The van der Waals surface area contributed by atoms with Crippen molar-refractivity contribution in [1.29, 1.82) is 0 Å². The molecule has 2 amide bonds. The van der Waals surface area contributed by atoms with E-state index >= 15 is 0 Å². The molecule has 0 atom stereocenters. The summed E-state index contributed by atoms with van der Waals surface area (Å²) >= 11 is 18.4. The zero-order chi connectivity index (χ0) is 21.3. The number of ether oxygens (including phenoxy) is 2. The quantitative estimate of drug-likeness (QED) is 0.482. The van der Waals surface area contributed by atoms with Crippen molar-refractivity contribution in [3.8, 4) is 11.5 Å². The smallest absolute Gasteiger partial charge is 0.266 e. The highest BCUT2D eigenvalue weighted by atomic mass is 35.5. The van der Waals surface area contributed by atoms with Crippen LogP contribution in [0.25, 0.3) is 6.08 Å². The lowest BCUT2D eigenvalue weighted by atomic mass is 10.2. The van der Waals surface area contributed by atoms with Crippen molar-refractivity contribution in [2.75, 3.05) is 18.7 Å². The Morgan fingerprint density at radius 1 is 1.17 bits per heavy atom. The second-order valence-corrected chi connectivity index (χ2v) is 8.95. The Kier molecular flexibility index (Phi) is 6.19. The van der Waals surface area contributed by atoms with E-state index in [1.54, 1.807) is 36.4 Å². The fourth-order valence-electron chi connectivity index (χ4n) is 2.91. The van der Waals surface area contributed by atoms with E-state index in [0.29, 0.717) is 36.5 Å². The molecule has 1 fully saturated rings. The highest BCUT2D eigenvalue weighted by Crippen LogP contribution is 2.36. The normalized spacial score (nSPS) is 16.5. The van der Waals surface area contributed by atoms with Gasteiger partial charge in [-0.15, -0.1) is 0 Å². The van der Waals surface area contributed by atoms with Gasteiger partial charge in [0, 0.05) is 28.7 Å². The number of hydrogen-bond acceptors (Lipinski definition) is 6. The van der Waals surface area contributed by atoms with Crippen LogP contribution in [0.3, 0.4) is 0 Å². The van der Waals surface area contributed by atoms with Crippen molar-refractivity contribution in [1.82, 2.24) is 4.90 Å². The number of rotatable bonds is 5. The molecule has 0 spiro atoms. The fraction of sp³-hybridized carbons (Fsp3) is 0.150. The molecule has 0 aliphatic carbocycles. The Bertz CT molecular complexity index is 1070. The van der Waals surface area contributed by atoms with Crippen LogP contribution in [-0.4, -0.2) is 34.4 Å². The van der Waals surface area contributed by atoms with Gasteiger partial charge in [-0.1, -0.05) is 53.2 Å². The number of thioether (sulfide) groups is 1. The summed E-state index contributed by atoms with van der Waals surface area (Å²) < 4.78 is 11.1. The summed E-state index contributed by atoms with van der Waals surface area (Å²) in [6.07, 6.45) is 1.82. The molecule has 4 rings (SSSR count). The fourth-order valence-corrected chi connectivity index (χ4v) is 4.74. The zero-order valence-corrected chi connectivity index (χ0v) is 18.5. The van der Waals surface area contributed by atoms with Gasteiger partial charge in [-0.05, 0) is 42.0 Å². The van der Waals surface area contributed by atoms with Gasteiger partial charge in [-0.25, -0.2) is 0 Å². The Labute approximate surface area is 192 Å². The van der Waals surface area contributed by atoms with E-state index in [9.17, 15) is 9.59 Å². The first-order valence-corrected chi connectivity index (χ1v) is 10.8. The van der Waals surface area contributed by atoms with Crippen LogP contribution in [0.15, 0.2) is 41.3 Å². The van der Waals surface area contributed by atoms with Crippen LogP contribution in [0.5, 0.6) is 11.5 Å². The maximum absolute atomic E-state index is 12.7. The molecule has 2 aromatic rings. The van der Waals surface area contributed by atoms with Gasteiger partial charge < -0.3 is 14.8 Å². The molecule has 0 bridgehead atoms. The lowest BCUT2D eigenvalue weighted by Gasteiger charge is -2.14. The van der Waals surface area contributed by atoms with Crippen molar-refractivity contribution in [2.24, 2.45) is 0 Å². The van der Waals surface area contributed by atoms with Gasteiger partial charge in [0.2, 0.25) is 12.7 Å². The highest BCUT2D eigenvalue weighted by Gasteiger charge is 2.32. The summed E-state index contributed by atoms with van der Waals surface area (Å²) in [4.78, 5) is 26.9. The number of amides is 2. The molecule has 2 heterocycles. The van der Waals surface area contributed by atoms with E-state index in [-0.39, 0.29) is 31.6 Å². The Morgan fingerprint density at radius 3 is 2.67 bits per heavy atom. The van der Waals surface area contributed by atoms with E-state index in [1.807, 2.05) is 6.07 Å². The third-order valence-corrected chi connectivity index (χ3v) is 6.09.